The van der Waals surface area contributed by atoms with Gasteiger partial charge in [-0.15, -0.1) is 0 Å². The fourth-order valence-corrected chi connectivity index (χ4v) is 3.35. The fourth-order valence-electron chi connectivity index (χ4n) is 3.35. The fraction of sp³-hybridized carbons (Fsp3) is 0.381. The van der Waals surface area contributed by atoms with Crippen LogP contribution in [0.3, 0.4) is 0 Å². The summed E-state index contributed by atoms with van der Waals surface area (Å²) in [5.74, 6) is 2.72. The first kappa shape index (κ1) is 18.9. The average Bonchev–Trinajstić information content (AvgIpc) is 2.74. The van der Waals surface area contributed by atoms with Gasteiger partial charge in [0.05, 0.1) is 19.9 Å². The second kappa shape index (κ2) is 9.16. The Kier molecular flexibility index (Phi) is 6.41. The van der Waals surface area contributed by atoms with Crippen molar-refractivity contribution >= 4 is 11.6 Å². The van der Waals surface area contributed by atoms with E-state index in [9.17, 15) is 0 Å². The van der Waals surface area contributed by atoms with E-state index in [1.165, 1.54) is 5.56 Å². The van der Waals surface area contributed by atoms with Crippen LogP contribution in [0.5, 0.6) is 11.5 Å². The van der Waals surface area contributed by atoms with Gasteiger partial charge in [-0.1, -0.05) is 24.3 Å². The summed E-state index contributed by atoms with van der Waals surface area (Å²) < 4.78 is 10.8. The largest absolute Gasteiger partial charge is 0.497 e. The number of anilines is 1. The molecule has 2 aromatic carbocycles. The lowest BCUT2D eigenvalue weighted by molar-refractivity contribution is 0.367. The molecule has 0 amide bonds. The molecule has 6 heteroatoms. The van der Waals surface area contributed by atoms with Gasteiger partial charge in [0.2, 0.25) is 0 Å². The second-order valence-electron chi connectivity index (χ2n) is 6.40. The van der Waals surface area contributed by atoms with Crippen LogP contribution in [0.4, 0.5) is 5.69 Å². The molecule has 0 bridgehead atoms. The topological polar surface area (TPSA) is 49.3 Å². The number of piperazine rings is 1. The van der Waals surface area contributed by atoms with Crippen LogP contribution >= 0.6 is 0 Å². The Morgan fingerprint density at radius 3 is 2.48 bits per heavy atom. The lowest BCUT2D eigenvalue weighted by Crippen LogP contribution is -2.52. The predicted molar refractivity (Wildman–Crippen MR) is 110 cm³/mol. The van der Waals surface area contributed by atoms with Gasteiger partial charge in [-0.2, -0.15) is 0 Å². The molecular formula is C21H28N4O2. The number of benzene rings is 2. The predicted octanol–water partition coefficient (Wildman–Crippen LogP) is 2.60. The summed E-state index contributed by atoms with van der Waals surface area (Å²) >= 11 is 0. The lowest BCUT2D eigenvalue weighted by atomic mass is 10.2. The van der Waals surface area contributed by atoms with Crippen molar-refractivity contribution in [1.29, 1.82) is 0 Å². The van der Waals surface area contributed by atoms with Crippen LogP contribution in [0, 0.1) is 0 Å². The number of hydrogen-bond donors (Lipinski definition) is 1. The molecule has 27 heavy (non-hydrogen) atoms. The van der Waals surface area contributed by atoms with E-state index in [2.05, 4.69) is 38.3 Å². The Bertz CT molecular complexity index is 770. The van der Waals surface area contributed by atoms with Gasteiger partial charge >= 0.3 is 0 Å². The van der Waals surface area contributed by atoms with E-state index in [1.807, 2.05) is 37.4 Å². The van der Waals surface area contributed by atoms with Crippen molar-refractivity contribution in [3.63, 3.8) is 0 Å². The molecule has 144 valence electrons. The number of hydrogen-bond acceptors (Lipinski definition) is 4. The molecule has 1 heterocycles. The molecule has 1 aliphatic rings. The number of nitrogens with zero attached hydrogens (tertiary/aromatic N) is 3. The van der Waals surface area contributed by atoms with Crippen molar-refractivity contribution in [3.05, 3.63) is 54.1 Å². The van der Waals surface area contributed by atoms with E-state index in [4.69, 9.17) is 9.47 Å². The van der Waals surface area contributed by atoms with Crippen LogP contribution < -0.4 is 19.7 Å². The van der Waals surface area contributed by atoms with Crippen LogP contribution in [-0.4, -0.2) is 58.3 Å². The molecule has 0 unspecified atom stereocenters. The Balaban J connectivity index is 1.57. The summed E-state index contributed by atoms with van der Waals surface area (Å²) in [6.45, 7) is 4.41. The Morgan fingerprint density at radius 1 is 1.00 bits per heavy atom. The van der Waals surface area contributed by atoms with E-state index in [0.717, 1.165) is 55.9 Å². The van der Waals surface area contributed by atoms with Gasteiger partial charge in [-0.05, 0) is 29.8 Å². The lowest BCUT2D eigenvalue weighted by Gasteiger charge is -2.38. The van der Waals surface area contributed by atoms with Gasteiger partial charge in [0, 0.05) is 39.8 Å². The van der Waals surface area contributed by atoms with Crippen LogP contribution in [0.2, 0.25) is 0 Å². The molecule has 0 atom stereocenters. The molecule has 0 aromatic heterocycles. The van der Waals surface area contributed by atoms with Crippen molar-refractivity contribution in [3.8, 4) is 11.5 Å². The molecule has 0 saturated carbocycles. The number of methoxy groups -OCH3 is 2. The minimum Gasteiger partial charge on any atom is -0.497 e. The Hall–Kier alpha value is -2.89. The number of guanidine groups is 1. The summed E-state index contributed by atoms with van der Waals surface area (Å²) in [5, 5.41) is 3.46. The van der Waals surface area contributed by atoms with Crippen LogP contribution in [-0.2, 0) is 6.54 Å². The van der Waals surface area contributed by atoms with Gasteiger partial charge in [0.1, 0.15) is 11.5 Å². The SMILES string of the molecule is CN=C(NCc1cccc(OC)c1)N1CCN(c2ccccc2OC)CC1. The quantitative estimate of drug-likeness (QED) is 0.649. The van der Waals surface area contributed by atoms with Crippen LogP contribution in [0.25, 0.3) is 0 Å². The number of aliphatic imine (C=N–C) groups is 1. The zero-order valence-corrected chi connectivity index (χ0v) is 16.3. The van der Waals surface area contributed by atoms with Gasteiger partial charge < -0.3 is 24.6 Å². The maximum absolute atomic E-state index is 5.50. The van der Waals surface area contributed by atoms with E-state index in [-0.39, 0.29) is 0 Å². The molecule has 0 aliphatic carbocycles. The number of ether oxygens (including phenoxy) is 2. The standard InChI is InChI=1S/C21H28N4O2/c1-22-21(23-16-17-7-6-8-18(15-17)26-2)25-13-11-24(12-14-25)19-9-4-5-10-20(19)27-3/h4-10,15H,11-14,16H2,1-3H3,(H,22,23). The third kappa shape index (κ3) is 4.64. The molecule has 0 radical (unpaired) electrons. The zero-order chi connectivity index (χ0) is 19.1. The maximum Gasteiger partial charge on any atom is 0.194 e. The Morgan fingerprint density at radius 2 is 1.78 bits per heavy atom. The smallest absolute Gasteiger partial charge is 0.194 e. The van der Waals surface area contributed by atoms with Crippen molar-refractivity contribution in [2.24, 2.45) is 4.99 Å². The third-order valence-electron chi connectivity index (χ3n) is 4.80. The minimum atomic E-state index is 0.719. The number of para-hydroxylation sites is 2. The molecule has 1 saturated heterocycles. The highest BCUT2D eigenvalue weighted by atomic mass is 16.5. The molecule has 3 rings (SSSR count). The normalized spacial score (nSPS) is 14.9. The highest BCUT2D eigenvalue weighted by Crippen LogP contribution is 2.28. The summed E-state index contributed by atoms with van der Waals surface area (Å²) in [4.78, 5) is 9.12. The van der Waals surface area contributed by atoms with E-state index >= 15 is 0 Å². The van der Waals surface area contributed by atoms with E-state index < -0.39 is 0 Å². The molecule has 1 fully saturated rings. The maximum atomic E-state index is 5.50. The van der Waals surface area contributed by atoms with Crippen LogP contribution in [0.1, 0.15) is 5.56 Å². The summed E-state index contributed by atoms with van der Waals surface area (Å²) in [6, 6.07) is 16.3. The van der Waals surface area contributed by atoms with Gasteiger partial charge in [0.15, 0.2) is 5.96 Å². The van der Waals surface area contributed by atoms with E-state index in [1.54, 1.807) is 14.2 Å². The first-order valence-corrected chi connectivity index (χ1v) is 9.21. The number of nitrogens with one attached hydrogen (secondary N) is 1. The molecule has 6 nitrogen and oxygen atoms in total. The summed E-state index contributed by atoms with van der Waals surface area (Å²) in [6.07, 6.45) is 0. The molecule has 2 aromatic rings. The Labute approximate surface area is 161 Å². The summed E-state index contributed by atoms with van der Waals surface area (Å²) in [7, 11) is 5.24. The summed E-state index contributed by atoms with van der Waals surface area (Å²) in [5.41, 5.74) is 2.32. The average molecular weight is 368 g/mol. The van der Waals surface area contributed by atoms with Crippen molar-refractivity contribution in [2.75, 3.05) is 52.3 Å². The molecule has 1 aliphatic heterocycles. The molecule has 1 N–H and O–H groups in total. The first-order chi connectivity index (χ1) is 13.2. The highest BCUT2D eigenvalue weighted by Gasteiger charge is 2.21. The minimum absolute atomic E-state index is 0.719. The molecule has 0 spiro atoms. The second-order valence-corrected chi connectivity index (χ2v) is 6.40. The van der Waals surface area contributed by atoms with Crippen molar-refractivity contribution in [1.82, 2.24) is 10.2 Å². The molecular weight excluding hydrogens is 340 g/mol. The van der Waals surface area contributed by atoms with Crippen LogP contribution in [0.15, 0.2) is 53.5 Å². The monoisotopic (exact) mass is 368 g/mol. The van der Waals surface area contributed by atoms with Crippen molar-refractivity contribution < 1.29 is 9.47 Å². The highest BCUT2D eigenvalue weighted by molar-refractivity contribution is 5.80. The number of rotatable bonds is 5. The third-order valence-corrected chi connectivity index (χ3v) is 4.80. The van der Waals surface area contributed by atoms with Crippen molar-refractivity contribution in [2.45, 2.75) is 6.54 Å². The van der Waals surface area contributed by atoms with E-state index in [0.29, 0.717) is 0 Å². The van der Waals surface area contributed by atoms with Gasteiger partial charge in [0.25, 0.3) is 0 Å². The van der Waals surface area contributed by atoms with Gasteiger partial charge in [-0.25, -0.2) is 0 Å². The zero-order valence-electron chi connectivity index (χ0n) is 16.3. The first-order valence-electron chi connectivity index (χ1n) is 9.21. The van der Waals surface area contributed by atoms with Gasteiger partial charge in [-0.3, -0.25) is 4.99 Å².